The fourth-order valence-electron chi connectivity index (χ4n) is 3.84. The molecule has 0 spiro atoms. The van der Waals surface area contributed by atoms with Gasteiger partial charge in [0.15, 0.2) is 0 Å². The lowest BCUT2D eigenvalue weighted by Crippen LogP contribution is -2.61. The maximum Gasteiger partial charge on any atom is 0.0590 e. The van der Waals surface area contributed by atoms with Crippen LogP contribution in [-0.4, -0.2) is 43.3 Å². The first-order valence-electron chi connectivity index (χ1n) is 7.86. The normalized spacial score (nSPS) is 28.6. The quantitative estimate of drug-likeness (QED) is 0.773. The van der Waals surface area contributed by atoms with Crippen molar-refractivity contribution in [2.75, 3.05) is 26.8 Å². The molecule has 0 heterocycles. The second-order valence-electron chi connectivity index (χ2n) is 7.07. The standard InChI is InChI=1S/C16H34N2O/c1-6-14(2)18(10-11-19-5)16(13-17)9-7-8-15(3,4)12-16/h14H,6-13,17H2,1-5H3. The van der Waals surface area contributed by atoms with E-state index in [1.54, 1.807) is 7.11 Å². The molecule has 19 heavy (non-hydrogen) atoms. The van der Waals surface area contributed by atoms with Gasteiger partial charge in [0.2, 0.25) is 0 Å². The Hall–Kier alpha value is -0.120. The topological polar surface area (TPSA) is 38.5 Å². The van der Waals surface area contributed by atoms with Gasteiger partial charge in [-0.05, 0) is 38.0 Å². The molecule has 2 unspecified atom stereocenters. The van der Waals surface area contributed by atoms with E-state index in [0.717, 1.165) is 19.7 Å². The third-order valence-electron chi connectivity index (χ3n) is 4.95. The van der Waals surface area contributed by atoms with Crippen molar-refractivity contribution >= 4 is 0 Å². The second kappa shape index (κ2) is 7.05. The highest BCUT2D eigenvalue weighted by Crippen LogP contribution is 2.44. The van der Waals surface area contributed by atoms with E-state index in [-0.39, 0.29) is 5.54 Å². The lowest BCUT2D eigenvalue weighted by molar-refractivity contribution is -0.0275. The predicted octanol–water partition coefficient (Wildman–Crippen LogP) is 3.03. The van der Waals surface area contributed by atoms with E-state index in [1.807, 2.05) is 0 Å². The summed E-state index contributed by atoms with van der Waals surface area (Å²) < 4.78 is 5.32. The molecular weight excluding hydrogens is 236 g/mol. The van der Waals surface area contributed by atoms with E-state index in [4.69, 9.17) is 10.5 Å². The Bertz CT molecular complexity index is 267. The van der Waals surface area contributed by atoms with Gasteiger partial charge in [0.1, 0.15) is 0 Å². The molecule has 3 nitrogen and oxygen atoms in total. The van der Waals surface area contributed by atoms with Crippen LogP contribution >= 0.6 is 0 Å². The molecule has 2 atom stereocenters. The zero-order chi connectivity index (χ0) is 14.5. The van der Waals surface area contributed by atoms with Gasteiger partial charge in [0.05, 0.1) is 6.61 Å². The minimum absolute atomic E-state index is 0.176. The van der Waals surface area contributed by atoms with Crippen LogP contribution in [0.4, 0.5) is 0 Å². The maximum atomic E-state index is 6.24. The summed E-state index contributed by atoms with van der Waals surface area (Å²) >= 11 is 0. The highest BCUT2D eigenvalue weighted by atomic mass is 16.5. The van der Waals surface area contributed by atoms with Gasteiger partial charge in [0, 0.05) is 31.8 Å². The first kappa shape index (κ1) is 16.9. The zero-order valence-electron chi connectivity index (χ0n) is 13.7. The highest BCUT2D eigenvalue weighted by Gasteiger charge is 2.44. The van der Waals surface area contributed by atoms with Crippen molar-refractivity contribution in [3.63, 3.8) is 0 Å². The predicted molar refractivity (Wildman–Crippen MR) is 82.4 cm³/mol. The Morgan fingerprint density at radius 2 is 2.00 bits per heavy atom. The molecule has 1 aliphatic carbocycles. The third-order valence-corrected chi connectivity index (χ3v) is 4.95. The van der Waals surface area contributed by atoms with Gasteiger partial charge in [0.25, 0.3) is 0 Å². The Balaban J connectivity index is 2.92. The summed E-state index contributed by atoms with van der Waals surface area (Å²) in [5, 5.41) is 0. The van der Waals surface area contributed by atoms with E-state index in [2.05, 4.69) is 32.6 Å². The molecule has 1 fully saturated rings. The number of methoxy groups -OCH3 is 1. The molecule has 1 aliphatic rings. The van der Waals surface area contributed by atoms with Crippen LogP contribution in [0.5, 0.6) is 0 Å². The summed E-state index contributed by atoms with van der Waals surface area (Å²) in [5.74, 6) is 0. The van der Waals surface area contributed by atoms with Crippen LogP contribution in [0.15, 0.2) is 0 Å². The first-order valence-corrected chi connectivity index (χ1v) is 7.86. The fraction of sp³-hybridized carbons (Fsp3) is 1.00. The second-order valence-corrected chi connectivity index (χ2v) is 7.07. The number of hydrogen-bond acceptors (Lipinski definition) is 3. The van der Waals surface area contributed by atoms with Crippen molar-refractivity contribution in [3.05, 3.63) is 0 Å². The molecule has 1 rings (SSSR count). The summed E-state index contributed by atoms with van der Waals surface area (Å²) in [4.78, 5) is 2.64. The van der Waals surface area contributed by atoms with Gasteiger partial charge in [-0.3, -0.25) is 4.90 Å². The summed E-state index contributed by atoms with van der Waals surface area (Å²) in [6, 6.07) is 0.576. The summed E-state index contributed by atoms with van der Waals surface area (Å²) in [5.41, 5.74) is 6.83. The first-order chi connectivity index (χ1) is 8.90. The minimum Gasteiger partial charge on any atom is -0.383 e. The molecule has 2 N–H and O–H groups in total. The fourth-order valence-corrected chi connectivity index (χ4v) is 3.84. The molecular formula is C16H34N2O. The van der Waals surface area contributed by atoms with Crippen LogP contribution in [0, 0.1) is 5.41 Å². The van der Waals surface area contributed by atoms with Crippen LogP contribution < -0.4 is 5.73 Å². The van der Waals surface area contributed by atoms with Crippen molar-refractivity contribution in [2.45, 2.75) is 71.4 Å². The van der Waals surface area contributed by atoms with Gasteiger partial charge in [-0.2, -0.15) is 0 Å². The average Bonchev–Trinajstić information content (AvgIpc) is 2.37. The highest BCUT2D eigenvalue weighted by molar-refractivity contribution is 5.00. The molecule has 3 heteroatoms. The molecule has 0 saturated heterocycles. The van der Waals surface area contributed by atoms with Crippen LogP contribution in [0.3, 0.4) is 0 Å². The van der Waals surface area contributed by atoms with Crippen molar-refractivity contribution in [3.8, 4) is 0 Å². The molecule has 0 bridgehead atoms. The number of ether oxygens (including phenoxy) is 1. The number of hydrogen-bond donors (Lipinski definition) is 1. The minimum atomic E-state index is 0.176. The Labute approximate surface area is 119 Å². The van der Waals surface area contributed by atoms with Crippen LogP contribution in [0.1, 0.15) is 59.8 Å². The number of nitrogens with two attached hydrogens (primary N) is 1. The van der Waals surface area contributed by atoms with Gasteiger partial charge >= 0.3 is 0 Å². The van der Waals surface area contributed by atoms with Crippen molar-refractivity contribution in [1.29, 1.82) is 0 Å². The van der Waals surface area contributed by atoms with E-state index in [1.165, 1.54) is 32.1 Å². The Kier molecular flexibility index (Phi) is 6.28. The monoisotopic (exact) mass is 270 g/mol. The molecule has 0 aromatic heterocycles. The van der Waals surface area contributed by atoms with Gasteiger partial charge in [-0.25, -0.2) is 0 Å². The van der Waals surface area contributed by atoms with E-state index < -0.39 is 0 Å². The summed E-state index contributed by atoms with van der Waals surface area (Å²) in [6.45, 7) is 11.9. The van der Waals surface area contributed by atoms with Crippen LogP contribution in [0.25, 0.3) is 0 Å². The third kappa shape index (κ3) is 4.17. The lowest BCUT2D eigenvalue weighted by atomic mass is 9.67. The van der Waals surface area contributed by atoms with Crippen LogP contribution in [0.2, 0.25) is 0 Å². The van der Waals surface area contributed by atoms with E-state index in [0.29, 0.717) is 11.5 Å². The molecule has 0 aromatic carbocycles. The molecule has 0 radical (unpaired) electrons. The molecule has 0 aromatic rings. The van der Waals surface area contributed by atoms with Crippen LogP contribution in [-0.2, 0) is 4.74 Å². The molecule has 0 aliphatic heterocycles. The summed E-state index contributed by atoms with van der Waals surface area (Å²) in [7, 11) is 1.79. The van der Waals surface area contributed by atoms with Gasteiger partial charge in [-0.15, -0.1) is 0 Å². The summed E-state index contributed by atoms with van der Waals surface area (Å²) in [6.07, 6.45) is 6.24. The van der Waals surface area contributed by atoms with E-state index >= 15 is 0 Å². The van der Waals surface area contributed by atoms with Gasteiger partial charge in [-0.1, -0.05) is 27.2 Å². The molecule has 0 amide bonds. The van der Waals surface area contributed by atoms with Crippen molar-refractivity contribution in [2.24, 2.45) is 11.1 Å². The SMILES string of the molecule is CCC(C)N(CCOC)C1(CN)CCCC(C)(C)C1. The number of rotatable bonds is 7. The zero-order valence-corrected chi connectivity index (χ0v) is 13.7. The van der Waals surface area contributed by atoms with Gasteiger partial charge < -0.3 is 10.5 Å². The maximum absolute atomic E-state index is 6.24. The van der Waals surface area contributed by atoms with Crippen molar-refractivity contribution in [1.82, 2.24) is 4.90 Å². The lowest BCUT2D eigenvalue weighted by Gasteiger charge is -2.53. The Morgan fingerprint density at radius 1 is 1.32 bits per heavy atom. The van der Waals surface area contributed by atoms with E-state index in [9.17, 15) is 0 Å². The molecule has 1 saturated carbocycles. The number of nitrogens with zero attached hydrogens (tertiary/aromatic N) is 1. The Morgan fingerprint density at radius 3 is 2.47 bits per heavy atom. The average molecular weight is 270 g/mol. The van der Waals surface area contributed by atoms with Crippen molar-refractivity contribution < 1.29 is 4.74 Å². The smallest absolute Gasteiger partial charge is 0.0590 e. The largest absolute Gasteiger partial charge is 0.383 e. The molecule has 114 valence electrons.